The predicted molar refractivity (Wildman–Crippen MR) is 117 cm³/mol. The molecule has 0 radical (unpaired) electrons. The highest BCUT2D eigenvalue weighted by molar-refractivity contribution is 5.90. The Hall–Kier alpha value is -3.15. The lowest BCUT2D eigenvalue weighted by Crippen LogP contribution is -2.49. The number of likely N-dealkylation sites (tertiary alicyclic amines) is 1. The van der Waals surface area contributed by atoms with Crippen molar-refractivity contribution in [1.82, 2.24) is 25.2 Å². The summed E-state index contributed by atoms with van der Waals surface area (Å²) in [6.07, 6.45) is -3.46. The van der Waals surface area contributed by atoms with E-state index >= 15 is 0 Å². The van der Waals surface area contributed by atoms with Crippen molar-refractivity contribution in [2.24, 2.45) is 5.41 Å². The molecule has 0 aliphatic carbocycles. The van der Waals surface area contributed by atoms with Gasteiger partial charge >= 0.3 is 6.18 Å². The monoisotopic (exact) mass is 482 g/mol. The molecule has 0 spiro atoms. The zero-order valence-corrected chi connectivity index (χ0v) is 19.4. The summed E-state index contributed by atoms with van der Waals surface area (Å²) in [4.78, 5) is 27.1. The van der Waals surface area contributed by atoms with Crippen LogP contribution in [0.5, 0.6) is 0 Å². The standard InChI is InChI=1S/C22H29F3N6O3/c1-21(2,3)18(20(34)30-12-16(32)9-17(30)19(33)26-4)31-11-15(28-29-31)10-27-14-7-5-13(6-8-14)22(23,24)25/h5-8,11,16-18,27,32H,9-10,12H2,1-4H3,(H,26,33)/t16-,17+,18-/m1/s1. The van der Waals surface area contributed by atoms with Crippen molar-refractivity contribution in [3.05, 3.63) is 41.7 Å². The first kappa shape index (κ1) is 25.5. The summed E-state index contributed by atoms with van der Waals surface area (Å²) in [5, 5.41) is 23.8. The van der Waals surface area contributed by atoms with Crippen molar-refractivity contribution in [3.8, 4) is 0 Å². The highest BCUT2D eigenvalue weighted by atomic mass is 19.4. The normalized spacial score (nSPS) is 19.7. The number of carbonyl (C=O) groups excluding carboxylic acids is 2. The number of β-amino-alcohol motifs (C(OH)–C–C–N with tert-alkyl or cyclic N) is 1. The maximum atomic E-state index is 13.5. The maximum Gasteiger partial charge on any atom is 0.416 e. The number of hydrogen-bond acceptors (Lipinski definition) is 6. The van der Waals surface area contributed by atoms with Crippen LogP contribution in [-0.4, -0.2) is 62.6 Å². The van der Waals surface area contributed by atoms with Crippen molar-refractivity contribution in [1.29, 1.82) is 0 Å². The molecule has 3 atom stereocenters. The topological polar surface area (TPSA) is 112 Å². The molecule has 1 saturated heterocycles. The molecule has 1 aromatic heterocycles. The summed E-state index contributed by atoms with van der Waals surface area (Å²) in [7, 11) is 1.48. The van der Waals surface area contributed by atoms with Crippen LogP contribution < -0.4 is 10.6 Å². The lowest BCUT2D eigenvalue weighted by atomic mass is 9.85. The zero-order valence-electron chi connectivity index (χ0n) is 19.4. The minimum absolute atomic E-state index is 0.0422. The van der Waals surface area contributed by atoms with E-state index in [1.165, 1.54) is 28.8 Å². The molecule has 1 aliphatic heterocycles. The first-order chi connectivity index (χ1) is 15.8. The summed E-state index contributed by atoms with van der Waals surface area (Å²) >= 11 is 0. The van der Waals surface area contributed by atoms with Gasteiger partial charge in [0, 0.05) is 25.7 Å². The van der Waals surface area contributed by atoms with E-state index in [4.69, 9.17) is 0 Å². The van der Waals surface area contributed by atoms with Gasteiger partial charge < -0.3 is 20.6 Å². The van der Waals surface area contributed by atoms with Crippen molar-refractivity contribution in [2.75, 3.05) is 18.9 Å². The van der Waals surface area contributed by atoms with Gasteiger partial charge in [0.15, 0.2) is 0 Å². The minimum atomic E-state index is -4.40. The Balaban J connectivity index is 1.76. The van der Waals surface area contributed by atoms with E-state index in [1.807, 2.05) is 20.8 Å². The van der Waals surface area contributed by atoms with Gasteiger partial charge in [-0.25, -0.2) is 4.68 Å². The molecule has 2 amide bonds. The predicted octanol–water partition coefficient (Wildman–Crippen LogP) is 2.20. The van der Waals surface area contributed by atoms with Gasteiger partial charge in [-0.05, 0) is 29.7 Å². The van der Waals surface area contributed by atoms with Crippen LogP contribution in [0.1, 0.15) is 44.5 Å². The fourth-order valence-corrected chi connectivity index (χ4v) is 4.00. The number of hydrogen-bond donors (Lipinski definition) is 3. The Labute approximate surface area is 195 Å². The third-order valence-electron chi connectivity index (χ3n) is 5.67. The van der Waals surface area contributed by atoms with Crippen molar-refractivity contribution < 1.29 is 27.9 Å². The van der Waals surface area contributed by atoms with Gasteiger partial charge in [0.1, 0.15) is 17.8 Å². The van der Waals surface area contributed by atoms with Gasteiger partial charge in [0.05, 0.1) is 24.4 Å². The third-order valence-corrected chi connectivity index (χ3v) is 5.67. The number of benzene rings is 1. The average molecular weight is 483 g/mol. The largest absolute Gasteiger partial charge is 0.416 e. The number of aromatic nitrogens is 3. The lowest BCUT2D eigenvalue weighted by Gasteiger charge is -2.34. The summed E-state index contributed by atoms with van der Waals surface area (Å²) in [5.41, 5.74) is -0.377. The molecule has 0 saturated carbocycles. The number of aliphatic hydroxyl groups is 1. The molecule has 0 bridgehead atoms. The number of anilines is 1. The molecule has 1 aromatic carbocycles. The van der Waals surface area contributed by atoms with Gasteiger partial charge in [-0.15, -0.1) is 5.10 Å². The number of nitrogens with zero attached hydrogens (tertiary/aromatic N) is 4. The number of carbonyl (C=O) groups is 2. The number of amides is 2. The van der Waals surface area contributed by atoms with Crippen LogP contribution in [0.15, 0.2) is 30.5 Å². The number of rotatable bonds is 6. The molecule has 1 fully saturated rings. The fourth-order valence-electron chi connectivity index (χ4n) is 4.00. The number of alkyl halides is 3. The number of likely N-dealkylation sites (N-methyl/N-ethyl adjacent to an activating group) is 1. The Kier molecular flexibility index (Phi) is 7.20. The van der Waals surface area contributed by atoms with Crippen LogP contribution in [0, 0.1) is 5.41 Å². The second-order valence-electron chi connectivity index (χ2n) is 9.40. The molecule has 2 heterocycles. The highest BCUT2D eigenvalue weighted by Gasteiger charge is 2.45. The van der Waals surface area contributed by atoms with Crippen molar-refractivity contribution >= 4 is 17.5 Å². The number of nitrogens with one attached hydrogen (secondary N) is 2. The second-order valence-corrected chi connectivity index (χ2v) is 9.40. The van der Waals surface area contributed by atoms with E-state index in [2.05, 4.69) is 20.9 Å². The van der Waals surface area contributed by atoms with Gasteiger partial charge in [-0.1, -0.05) is 26.0 Å². The quantitative estimate of drug-likeness (QED) is 0.582. The van der Waals surface area contributed by atoms with Gasteiger partial charge in [-0.2, -0.15) is 13.2 Å². The molecule has 34 heavy (non-hydrogen) atoms. The Morgan fingerprint density at radius 1 is 1.21 bits per heavy atom. The molecule has 186 valence electrons. The van der Waals surface area contributed by atoms with Crippen LogP contribution in [0.3, 0.4) is 0 Å². The maximum absolute atomic E-state index is 13.5. The Morgan fingerprint density at radius 2 is 1.85 bits per heavy atom. The van der Waals surface area contributed by atoms with Crippen molar-refractivity contribution in [2.45, 2.75) is 58.1 Å². The van der Waals surface area contributed by atoms with E-state index < -0.39 is 35.3 Å². The molecular formula is C22H29F3N6O3. The van der Waals surface area contributed by atoms with Gasteiger partial charge in [0.2, 0.25) is 11.8 Å². The van der Waals surface area contributed by atoms with E-state index in [9.17, 15) is 27.9 Å². The fraction of sp³-hybridized carbons (Fsp3) is 0.545. The first-order valence-corrected chi connectivity index (χ1v) is 10.8. The summed E-state index contributed by atoms with van der Waals surface area (Å²) < 4.78 is 39.6. The molecule has 0 unspecified atom stereocenters. The van der Waals surface area contributed by atoms with E-state index in [0.29, 0.717) is 11.4 Å². The zero-order chi connectivity index (χ0) is 25.3. The lowest BCUT2D eigenvalue weighted by molar-refractivity contribution is -0.144. The van der Waals surface area contributed by atoms with Crippen LogP contribution in [0.2, 0.25) is 0 Å². The molecule has 3 rings (SSSR count). The molecular weight excluding hydrogens is 453 g/mol. The third kappa shape index (κ3) is 5.66. The molecule has 1 aliphatic rings. The molecule has 2 aromatic rings. The average Bonchev–Trinajstić information content (AvgIpc) is 3.37. The SMILES string of the molecule is CNC(=O)[C@@H]1C[C@@H](O)CN1C(=O)[C@@H](n1cc(CNc2ccc(C(F)(F)F)cc2)nn1)C(C)(C)C. The number of halogens is 3. The van der Waals surface area contributed by atoms with E-state index in [-0.39, 0.29) is 31.3 Å². The minimum Gasteiger partial charge on any atom is -0.391 e. The molecule has 9 nitrogen and oxygen atoms in total. The van der Waals surface area contributed by atoms with E-state index in [1.54, 1.807) is 6.20 Å². The smallest absolute Gasteiger partial charge is 0.391 e. The summed E-state index contributed by atoms with van der Waals surface area (Å²) in [6, 6.07) is 3.05. The first-order valence-electron chi connectivity index (χ1n) is 10.8. The second kappa shape index (κ2) is 9.61. The van der Waals surface area contributed by atoms with E-state index in [0.717, 1.165) is 12.1 Å². The summed E-state index contributed by atoms with van der Waals surface area (Å²) in [6.45, 7) is 5.80. The number of aliphatic hydroxyl groups excluding tert-OH is 1. The van der Waals surface area contributed by atoms with Gasteiger partial charge in [-0.3, -0.25) is 9.59 Å². The Bertz CT molecular complexity index is 1020. The van der Waals surface area contributed by atoms with Crippen LogP contribution in [0.4, 0.5) is 18.9 Å². The van der Waals surface area contributed by atoms with Gasteiger partial charge in [0.25, 0.3) is 0 Å². The highest BCUT2D eigenvalue weighted by Crippen LogP contribution is 2.34. The van der Waals surface area contributed by atoms with Crippen molar-refractivity contribution in [3.63, 3.8) is 0 Å². The molecule has 12 heteroatoms. The molecule has 3 N–H and O–H groups in total. The van der Waals surface area contributed by atoms with Crippen LogP contribution in [0.25, 0.3) is 0 Å². The van der Waals surface area contributed by atoms with Crippen LogP contribution >= 0.6 is 0 Å². The van der Waals surface area contributed by atoms with Crippen LogP contribution in [-0.2, 0) is 22.3 Å². The Morgan fingerprint density at radius 3 is 2.41 bits per heavy atom. The summed E-state index contributed by atoms with van der Waals surface area (Å²) in [5.74, 6) is -0.706.